The zero-order valence-electron chi connectivity index (χ0n) is 11.1. The molecule has 102 valence electrons. The number of benzene rings is 1. The Bertz CT molecular complexity index is 580. The summed E-state index contributed by atoms with van der Waals surface area (Å²) in [5, 5.41) is 0.601. The summed E-state index contributed by atoms with van der Waals surface area (Å²) in [5.74, 6) is -1.20. The van der Waals surface area contributed by atoms with Crippen molar-refractivity contribution in [3.8, 4) is 10.6 Å². The summed E-state index contributed by atoms with van der Waals surface area (Å²) in [6, 6.07) is 3.43. The molecule has 0 radical (unpaired) electrons. The third-order valence-corrected chi connectivity index (χ3v) is 3.83. The number of nitrogens with two attached hydrogens (primary N) is 1. The lowest BCUT2D eigenvalue weighted by Crippen LogP contribution is -2.15. The highest BCUT2D eigenvalue weighted by molar-refractivity contribution is 7.15. The van der Waals surface area contributed by atoms with Crippen molar-refractivity contribution in [3.05, 3.63) is 40.4 Å². The number of nitrogens with zero attached hydrogens (tertiary/aromatic N) is 1. The number of thiazole rings is 1. The smallest absolute Gasteiger partial charge is 0.126 e. The summed E-state index contributed by atoms with van der Waals surface area (Å²) < 4.78 is 26.5. The van der Waals surface area contributed by atoms with Crippen LogP contribution in [0.1, 0.15) is 31.3 Å². The first-order chi connectivity index (χ1) is 8.81. The lowest BCUT2D eigenvalue weighted by Gasteiger charge is -2.16. The van der Waals surface area contributed by atoms with Gasteiger partial charge in [0, 0.05) is 28.5 Å². The Morgan fingerprint density at radius 2 is 1.74 bits per heavy atom. The number of halogens is 2. The van der Waals surface area contributed by atoms with Crippen molar-refractivity contribution in [1.82, 2.24) is 4.98 Å². The van der Waals surface area contributed by atoms with Crippen molar-refractivity contribution >= 4 is 11.3 Å². The van der Waals surface area contributed by atoms with Gasteiger partial charge in [-0.1, -0.05) is 20.8 Å². The van der Waals surface area contributed by atoms with E-state index in [0.29, 0.717) is 17.1 Å². The standard InChI is InChI=1S/C14H16F2N2S/c1-14(2,3)12-11(7-17)19-13(18-12)8-4-9(15)6-10(16)5-8/h4-6H,7,17H2,1-3H3. The van der Waals surface area contributed by atoms with Gasteiger partial charge in [-0.3, -0.25) is 0 Å². The fourth-order valence-electron chi connectivity index (χ4n) is 1.88. The summed E-state index contributed by atoms with van der Waals surface area (Å²) in [5.41, 5.74) is 6.92. The van der Waals surface area contributed by atoms with Crippen LogP contribution in [0.4, 0.5) is 8.78 Å². The molecule has 2 rings (SSSR count). The largest absolute Gasteiger partial charge is 0.326 e. The molecule has 0 unspecified atom stereocenters. The van der Waals surface area contributed by atoms with Crippen LogP contribution in [0.3, 0.4) is 0 Å². The molecule has 2 N–H and O–H groups in total. The Morgan fingerprint density at radius 3 is 2.16 bits per heavy atom. The highest BCUT2D eigenvalue weighted by Gasteiger charge is 2.23. The predicted octanol–water partition coefficient (Wildman–Crippen LogP) is 3.84. The molecule has 0 saturated carbocycles. The number of aromatic nitrogens is 1. The summed E-state index contributed by atoms with van der Waals surface area (Å²) in [7, 11) is 0. The Hall–Kier alpha value is -1.33. The minimum atomic E-state index is -0.600. The summed E-state index contributed by atoms with van der Waals surface area (Å²) in [6.45, 7) is 6.49. The molecule has 0 spiro atoms. The molecule has 19 heavy (non-hydrogen) atoms. The van der Waals surface area contributed by atoms with Crippen LogP contribution in [0.5, 0.6) is 0 Å². The van der Waals surface area contributed by atoms with Crippen molar-refractivity contribution in [3.63, 3.8) is 0 Å². The molecule has 0 saturated heterocycles. The summed E-state index contributed by atoms with van der Waals surface area (Å²) in [6.07, 6.45) is 0. The molecule has 0 aliphatic rings. The van der Waals surface area contributed by atoms with Crippen LogP contribution in [0, 0.1) is 11.6 Å². The minimum Gasteiger partial charge on any atom is -0.326 e. The van der Waals surface area contributed by atoms with E-state index >= 15 is 0 Å². The molecule has 1 heterocycles. The maximum Gasteiger partial charge on any atom is 0.126 e. The molecular formula is C14H16F2N2S. The van der Waals surface area contributed by atoms with E-state index in [-0.39, 0.29) is 5.41 Å². The lowest BCUT2D eigenvalue weighted by molar-refractivity contribution is 0.566. The normalized spacial score (nSPS) is 11.9. The van der Waals surface area contributed by atoms with Crippen molar-refractivity contribution in [1.29, 1.82) is 0 Å². The Kier molecular flexibility index (Phi) is 3.69. The molecule has 0 atom stereocenters. The lowest BCUT2D eigenvalue weighted by atomic mass is 9.91. The van der Waals surface area contributed by atoms with Gasteiger partial charge in [0.05, 0.1) is 5.69 Å². The zero-order chi connectivity index (χ0) is 14.2. The predicted molar refractivity (Wildman–Crippen MR) is 74.1 cm³/mol. The van der Waals surface area contributed by atoms with Crippen LogP contribution in [0.15, 0.2) is 18.2 Å². The van der Waals surface area contributed by atoms with Crippen molar-refractivity contribution in [2.75, 3.05) is 0 Å². The number of hydrogen-bond acceptors (Lipinski definition) is 3. The molecule has 0 bridgehead atoms. The first kappa shape index (κ1) is 14.1. The van der Waals surface area contributed by atoms with Gasteiger partial charge in [-0.15, -0.1) is 11.3 Å². The second-order valence-electron chi connectivity index (χ2n) is 5.40. The minimum absolute atomic E-state index is 0.144. The first-order valence-corrected chi connectivity index (χ1v) is 6.79. The number of hydrogen-bond donors (Lipinski definition) is 1. The van der Waals surface area contributed by atoms with Crippen molar-refractivity contribution in [2.24, 2.45) is 5.73 Å². The highest BCUT2D eigenvalue weighted by atomic mass is 32.1. The fraction of sp³-hybridized carbons (Fsp3) is 0.357. The average molecular weight is 282 g/mol. The molecule has 0 aliphatic heterocycles. The highest BCUT2D eigenvalue weighted by Crippen LogP contribution is 2.34. The van der Waals surface area contributed by atoms with Gasteiger partial charge in [-0.25, -0.2) is 13.8 Å². The molecule has 1 aromatic heterocycles. The third kappa shape index (κ3) is 2.98. The van der Waals surface area contributed by atoms with Crippen LogP contribution in [0.2, 0.25) is 0 Å². The van der Waals surface area contributed by atoms with Gasteiger partial charge >= 0.3 is 0 Å². The Morgan fingerprint density at radius 1 is 1.16 bits per heavy atom. The topological polar surface area (TPSA) is 38.9 Å². The van der Waals surface area contributed by atoms with E-state index in [1.807, 2.05) is 20.8 Å². The zero-order valence-corrected chi connectivity index (χ0v) is 11.9. The van der Waals surface area contributed by atoms with Crippen LogP contribution >= 0.6 is 11.3 Å². The van der Waals surface area contributed by atoms with E-state index in [1.54, 1.807) is 0 Å². The van der Waals surface area contributed by atoms with E-state index < -0.39 is 11.6 Å². The Labute approximate surface area is 115 Å². The number of rotatable bonds is 2. The molecule has 5 heteroatoms. The third-order valence-electron chi connectivity index (χ3n) is 2.70. The fourth-order valence-corrected chi connectivity index (χ4v) is 3.01. The first-order valence-electron chi connectivity index (χ1n) is 5.98. The van der Waals surface area contributed by atoms with Gasteiger partial charge < -0.3 is 5.73 Å². The average Bonchev–Trinajstić information content (AvgIpc) is 2.71. The van der Waals surface area contributed by atoms with Crippen molar-refractivity contribution < 1.29 is 8.78 Å². The second kappa shape index (κ2) is 4.98. The maximum atomic E-state index is 13.2. The van der Waals surface area contributed by atoms with Gasteiger partial charge in [-0.05, 0) is 12.1 Å². The van der Waals surface area contributed by atoms with Gasteiger partial charge in [0.25, 0.3) is 0 Å². The van der Waals surface area contributed by atoms with E-state index in [0.717, 1.165) is 16.6 Å². The second-order valence-corrected chi connectivity index (χ2v) is 6.49. The van der Waals surface area contributed by atoms with Crippen LogP contribution in [0.25, 0.3) is 10.6 Å². The monoisotopic (exact) mass is 282 g/mol. The van der Waals surface area contributed by atoms with E-state index in [9.17, 15) is 8.78 Å². The van der Waals surface area contributed by atoms with Crippen LogP contribution in [-0.2, 0) is 12.0 Å². The van der Waals surface area contributed by atoms with E-state index in [2.05, 4.69) is 4.98 Å². The molecular weight excluding hydrogens is 266 g/mol. The van der Waals surface area contributed by atoms with Crippen LogP contribution in [-0.4, -0.2) is 4.98 Å². The van der Waals surface area contributed by atoms with E-state index in [1.165, 1.54) is 23.5 Å². The molecule has 0 aliphatic carbocycles. The SMILES string of the molecule is CC(C)(C)c1nc(-c2cc(F)cc(F)c2)sc1CN. The summed E-state index contributed by atoms with van der Waals surface area (Å²) in [4.78, 5) is 5.46. The van der Waals surface area contributed by atoms with Crippen LogP contribution < -0.4 is 5.73 Å². The van der Waals surface area contributed by atoms with Gasteiger partial charge in [0.15, 0.2) is 0 Å². The van der Waals surface area contributed by atoms with Gasteiger partial charge in [0.2, 0.25) is 0 Å². The molecule has 2 nitrogen and oxygen atoms in total. The Balaban J connectivity index is 2.55. The summed E-state index contributed by atoms with van der Waals surface area (Å²) >= 11 is 1.39. The van der Waals surface area contributed by atoms with E-state index in [4.69, 9.17) is 5.73 Å². The van der Waals surface area contributed by atoms with Gasteiger partial charge in [-0.2, -0.15) is 0 Å². The van der Waals surface area contributed by atoms with Crippen molar-refractivity contribution in [2.45, 2.75) is 32.7 Å². The molecule has 0 fully saturated rings. The molecule has 2 aromatic rings. The molecule has 0 amide bonds. The maximum absolute atomic E-state index is 13.2. The van der Waals surface area contributed by atoms with Gasteiger partial charge in [0.1, 0.15) is 16.6 Å². The molecule has 1 aromatic carbocycles. The quantitative estimate of drug-likeness (QED) is 0.908.